The zero-order chi connectivity index (χ0) is 17.1. The third-order valence-corrected chi connectivity index (χ3v) is 4.71. The summed E-state index contributed by atoms with van der Waals surface area (Å²) in [6.07, 6.45) is 0. The minimum atomic E-state index is -0.887. The number of nitrogens with one attached hydrogen (secondary N) is 1. The monoisotopic (exact) mass is 359 g/mol. The van der Waals surface area contributed by atoms with Crippen molar-refractivity contribution in [2.45, 2.75) is 11.9 Å². The molecular weight excluding hydrogens is 346 g/mol. The average molecular weight is 360 g/mol. The number of rotatable bonds is 5. The van der Waals surface area contributed by atoms with Gasteiger partial charge in [-0.1, -0.05) is 47.6 Å². The first-order chi connectivity index (χ1) is 11.5. The molecular formula is C17H14ClN3O2S. The molecule has 2 N–H and O–H groups in total. The molecule has 0 radical (unpaired) electrons. The van der Waals surface area contributed by atoms with Gasteiger partial charge in [0.05, 0.1) is 11.3 Å². The zero-order valence-corrected chi connectivity index (χ0v) is 14.4. The van der Waals surface area contributed by atoms with Crippen molar-refractivity contribution >= 4 is 51.9 Å². The third-order valence-electron chi connectivity index (χ3n) is 3.33. The lowest BCUT2D eigenvalue weighted by Gasteiger charge is -2.10. The minimum Gasteiger partial charge on any atom is -0.481 e. The number of hydrogen-bond donors (Lipinski definition) is 2. The summed E-state index contributed by atoms with van der Waals surface area (Å²) >= 11 is 7.31. The number of thioether (sulfide) groups is 1. The molecule has 122 valence electrons. The summed E-state index contributed by atoms with van der Waals surface area (Å²) in [5, 5.41) is 14.2. The van der Waals surface area contributed by atoms with Crippen LogP contribution in [0.1, 0.15) is 5.56 Å². The molecule has 24 heavy (non-hydrogen) atoms. The second kappa shape index (κ2) is 7.07. The maximum absolute atomic E-state index is 10.9. The first kappa shape index (κ1) is 16.5. The molecule has 0 spiro atoms. The molecule has 5 nitrogen and oxygen atoms in total. The number of carbonyl (C=O) groups is 1. The van der Waals surface area contributed by atoms with Crippen LogP contribution >= 0.6 is 23.4 Å². The number of aryl methyl sites for hydroxylation is 1. The summed E-state index contributed by atoms with van der Waals surface area (Å²) in [5.74, 6) is -0.541. The van der Waals surface area contributed by atoms with E-state index in [1.807, 2.05) is 43.3 Å². The van der Waals surface area contributed by atoms with E-state index >= 15 is 0 Å². The fraction of sp³-hybridized carbons (Fsp3) is 0.118. The Morgan fingerprint density at radius 2 is 2.04 bits per heavy atom. The SMILES string of the molecule is Cc1ccc(Nc2nc(SCC(=O)O)c3ccccc3n2)cc1Cl. The zero-order valence-electron chi connectivity index (χ0n) is 12.8. The summed E-state index contributed by atoms with van der Waals surface area (Å²) in [5.41, 5.74) is 2.51. The number of para-hydroxylation sites is 1. The van der Waals surface area contributed by atoms with Gasteiger partial charge < -0.3 is 10.4 Å². The fourth-order valence-corrected chi connectivity index (χ4v) is 3.06. The normalized spacial score (nSPS) is 10.8. The highest BCUT2D eigenvalue weighted by molar-refractivity contribution is 8.00. The summed E-state index contributed by atoms with van der Waals surface area (Å²) in [6, 6.07) is 13.1. The van der Waals surface area contributed by atoms with Gasteiger partial charge in [-0.05, 0) is 30.7 Å². The van der Waals surface area contributed by atoms with Crippen molar-refractivity contribution in [3.05, 3.63) is 53.1 Å². The molecule has 0 aliphatic rings. The predicted octanol–water partition coefficient (Wildman–Crippen LogP) is 4.51. The number of aliphatic carboxylic acids is 1. The van der Waals surface area contributed by atoms with Crippen LogP contribution in [0.4, 0.5) is 11.6 Å². The van der Waals surface area contributed by atoms with Crippen LogP contribution in [0.15, 0.2) is 47.5 Å². The number of halogens is 1. The summed E-state index contributed by atoms with van der Waals surface area (Å²) in [6.45, 7) is 1.93. The van der Waals surface area contributed by atoms with Crippen LogP contribution in [-0.4, -0.2) is 26.8 Å². The van der Waals surface area contributed by atoms with Gasteiger partial charge in [0, 0.05) is 16.1 Å². The number of anilines is 2. The summed E-state index contributed by atoms with van der Waals surface area (Å²) in [7, 11) is 0. The highest BCUT2D eigenvalue weighted by Crippen LogP contribution is 2.28. The largest absolute Gasteiger partial charge is 0.481 e. The van der Waals surface area contributed by atoms with Crippen molar-refractivity contribution in [2.75, 3.05) is 11.1 Å². The van der Waals surface area contributed by atoms with Crippen LogP contribution in [0.2, 0.25) is 5.02 Å². The van der Waals surface area contributed by atoms with Gasteiger partial charge in [-0.15, -0.1) is 0 Å². The van der Waals surface area contributed by atoms with Gasteiger partial charge in [0.1, 0.15) is 5.03 Å². The second-order valence-corrected chi connectivity index (χ2v) is 6.51. The van der Waals surface area contributed by atoms with Gasteiger partial charge in [0.2, 0.25) is 5.95 Å². The molecule has 0 amide bonds. The minimum absolute atomic E-state index is 0.0587. The smallest absolute Gasteiger partial charge is 0.313 e. The number of aromatic nitrogens is 2. The Balaban J connectivity index is 1.98. The molecule has 0 saturated carbocycles. The van der Waals surface area contributed by atoms with E-state index < -0.39 is 5.97 Å². The van der Waals surface area contributed by atoms with Crippen molar-refractivity contribution < 1.29 is 9.90 Å². The lowest BCUT2D eigenvalue weighted by molar-refractivity contribution is -0.133. The van der Waals surface area contributed by atoms with Crippen molar-refractivity contribution in [2.24, 2.45) is 0 Å². The molecule has 3 rings (SSSR count). The van der Waals surface area contributed by atoms with E-state index in [4.69, 9.17) is 16.7 Å². The lowest BCUT2D eigenvalue weighted by atomic mass is 10.2. The number of benzene rings is 2. The molecule has 3 aromatic rings. The highest BCUT2D eigenvalue weighted by Gasteiger charge is 2.10. The van der Waals surface area contributed by atoms with Crippen LogP contribution in [0.3, 0.4) is 0 Å². The van der Waals surface area contributed by atoms with Gasteiger partial charge in [-0.25, -0.2) is 9.97 Å². The highest BCUT2D eigenvalue weighted by atomic mass is 35.5. The van der Waals surface area contributed by atoms with Crippen LogP contribution in [-0.2, 0) is 4.79 Å². The Labute approximate surface area is 148 Å². The number of nitrogens with zero attached hydrogens (tertiary/aromatic N) is 2. The van der Waals surface area contributed by atoms with Gasteiger partial charge in [0.15, 0.2) is 0 Å². The molecule has 0 fully saturated rings. The van der Waals surface area contributed by atoms with Crippen molar-refractivity contribution in [3.63, 3.8) is 0 Å². The topological polar surface area (TPSA) is 75.1 Å². The van der Waals surface area contributed by atoms with Crippen LogP contribution < -0.4 is 5.32 Å². The van der Waals surface area contributed by atoms with E-state index in [0.29, 0.717) is 16.0 Å². The number of fused-ring (bicyclic) bond motifs is 1. The summed E-state index contributed by atoms with van der Waals surface area (Å²) < 4.78 is 0. The summed E-state index contributed by atoms with van der Waals surface area (Å²) in [4.78, 5) is 19.8. The molecule has 0 aliphatic carbocycles. The van der Waals surface area contributed by atoms with E-state index in [1.54, 1.807) is 6.07 Å². The molecule has 0 saturated heterocycles. The predicted molar refractivity (Wildman–Crippen MR) is 97.4 cm³/mol. The quantitative estimate of drug-likeness (QED) is 0.515. The van der Waals surface area contributed by atoms with Crippen molar-refractivity contribution in [1.82, 2.24) is 9.97 Å². The van der Waals surface area contributed by atoms with Gasteiger partial charge in [-0.2, -0.15) is 0 Å². The van der Waals surface area contributed by atoms with Crippen LogP contribution in [0, 0.1) is 6.92 Å². The molecule has 0 bridgehead atoms. The fourth-order valence-electron chi connectivity index (χ4n) is 2.14. The number of carboxylic acid groups (broad SMARTS) is 1. The molecule has 7 heteroatoms. The first-order valence-corrected chi connectivity index (χ1v) is 8.54. The van der Waals surface area contributed by atoms with E-state index in [2.05, 4.69) is 15.3 Å². The van der Waals surface area contributed by atoms with E-state index in [9.17, 15) is 4.79 Å². The molecule has 1 heterocycles. The van der Waals surface area contributed by atoms with Gasteiger partial charge in [-0.3, -0.25) is 4.79 Å². The van der Waals surface area contributed by atoms with Crippen LogP contribution in [0.5, 0.6) is 0 Å². The average Bonchev–Trinajstić information content (AvgIpc) is 2.56. The first-order valence-electron chi connectivity index (χ1n) is 7.17. The second-order valence-electron chi connectivity index (χ2n) is 5.14. The number of carboxylic acids is 1. The molecule has 2 aromatic carbocycles. The van der Waals surface area contributed by atoms with Crippen molar-refractivity contribution in [3.8, 4) is 0 Å². The Bertz CT molecular complexity index is 917. The van der Waals surface area contributed by atoms with E-state index in [0.717, 1.165) is 22.2 Å². The van der Waals surface area contributed by atoms with Crippen LogP contribution in [0.25, 0.3) is 10.9 Å². The standard InChI is InChI=1S/C17H14ClN3O2S/c1-10-6-7-11(8-13(10)18)19-17-20-14-5-3-2-4-12(14)16(21-17)24-9-15(22)23/h2-8H,9H2,1H3,(H,22,23)(H,19,20,21). The Morgan fingerprint density at radius 1 is 1.25 bits per heavy atom. The molecule has 0 atom stereocenters. The maximum Gasteiger partial charge on any atom is 0.313 e. The van der Waals surface area contributed by atoms with Gasteiger partial charge in [0.25, 0.3) is 0 Å². The van der Waals surface area contributed by atoms with E-state index in [-0.39, 0.29) is 5.75 Å². The van der Waals surface area contributed by atoms with E-state index in [1.165, 1.54) is 11.8 Å². The molecule has 0 unspecified atom stereocenters. The Kier molecular flexibility index (Phi) is 4.87. The third kappa shape index (κ3) is 3.77. The van der Waals surface area contributed by atoms with Crippen molar-refractivity contribution in [1.29, 1.82) is 0 Å². The molecule has 0 aliphatic heterocycles. The Morgan fingerprint density at radius 3 is 2.79 bits per heavy atom. The maximum atomic E-state index is 10.9. The van der Waals surface area contributed by atoms with Gasteiger partial charge >= 0.3 is 5.97 Å². The Hall–Kier alpha value is -2.31. The molecule has 1 aromatic heterocycles. The number of hydrogen-bond acceptors (Lipinski definition) is 5. The lowest BCUT2D eigenvalue weighted by Crippen LogP contribution is -2.02.